The molecule has 2 N–H and O–H groups in total. The van der Waals surface area contributed by atoms with E-state index in [1.165, 1.54) is 64.2 Å². The molecule has 2 fully saturated rings. The van der Waals surface area contributed by atoms with E-state index < -0.39 is 0 Å². The third-order valence-electron chi connectivity index (χ3n) is 4.95. The van der Waals surface area contributed by atoms with Crippen molar-refractivity contribution >= 4 is 0 Å². The number of nitrogens with two attached hydrogens (primary N) is 1. The minimum atomic E-state index is 0.422. The molecule has 100 valence electrons. The molecule has 0 aliphatic heterocycles. The van der Waals surface area contributed by atoms with Gasteiger partial charge in [-0.2, -0.15) is 0 Å². The third kappa shape index (κ3) is 3.96. The average Bonchev–Trinajstić information content (AvgIpc) is 2.71. The van der Waals surface area contributed by atoms with Crippen molar-refractivity contribution in [2.24, 2.45) is 11.7 Å². The summed E-state index contributed by atoms with van der Waals surface area (Å²) in [5.41, 5.74) is 6.38. The number of nitrogens with zero attached hydrogens (tertiary/aromatic N) is 1. The molecule has 2 aliphatic carbocycles. The second-order valence-electron chi connectivity index (χ2n) is 6.29. The predicted molar refractivity (Wildman–Crippen MR) is 74.1 cm³/mol. The van der Waals surface area contributed by atoms with Crippen LogP contribution in [0.4, 0.5) is 0 Å². The van der Waals surface area contributed by atoms with Crippen LogP contribution in [-0.2, 0) is 0 Å². The number of likely N-dealkylation sites (N-methyl/N-ethyl adjacent to an activating group) is 1. The van der Waals surface area contributed by atoms with Gasteiger partial charge in [0.15, 0.2) is 0 Å². The molecule has 2 saturated carbocycles. The molecule has 0 heterocycles. The van der Waals surface area contributed by atoms with Gasteiger partial charge in [0, 0.05) is 18.6 Å². The summed E-state index contributed by atoms with van der Waals surface area (Å²) in [6, 6.07) is 1.23. The molecule has 0 saturated heterocycles. The molecule has 0 aromatic heterocycles. The predicted octanol–water partition coefficient (Wildman–Crippen LogP) is 3.16. The van der Waals surface area contributed by atoms with Crippen LogP contribution in [0.5, 0.6) is 0 Å². The number of hydrogen-bond acceptors (Lipinski definition) is 2. The quantitative estimate of drug-likeness (QED) is 0.762. The Morgan fingerprint density at radius 2 is 1.47 bits per heavy atom. The average molecular weight is 238 g/mol. The lowest BCUT2D eigenvalue weighted by molar-refractivity contribution is 0.191. The molecule has 1 atom stereocenters. The zero-order valence-electron chi connectivity index (χ0n) is 11.5. The lowest BCUT2D eigenvalue weighted by atomic mass is 9.97. The van der Waals surface area contributed by atoms with Crippen molar-refractivity contribution in [2.75, 3.05) is 13.6 Å². The topological polar surface area (TPSA) is 29.3 Å². The molecule has 17 heavy (non-hydrogen) atoms. The van der Waals surface area contributed by atoms with Gasteiger partial charge in [-0.05, 0) is 38.6 Å². The highest BCUT2D eigenvalue weighted by Crippen LogP contribution is 2.28. The van der Waals surface area contributed by atoms with Crippen LogP contribution < -0.4 is 5.73 Å². The second kappa shape index (κ2) is 6.75. The smallest absolute Gasteiger partial charge is 0.0196 e. The van der Waals surface area contributed by atoms with E-state index in [1.54, 1.807) is 0 Å². The van der Waals surface area contributed by atoms with Gasteiger partial charge in [0.05, 0.1) is 0 Å². The molecule has 0 aromatic carbocycles. The van der Waals surface area contributed by atoms with Crippen molar-refractivity contribution in [2.45, 2.75) is 76.3 Å². The minimum absolute atomic E-state index is 0.422. The SMILES string of the molecule is CN(CC(N)C1CCCC1)C1CCCCCC1. The maximum atomic E-state index is 6.38. The molecule has 0 spiro atoms. The standard InChI is InChI=1S/C15H30N2/c1-17(14-10-4-2-3-5-11-14)12-15(16)13-8-6-7-9-13/h13-15H,2-12,16H2,1H3. The second-order valence-corrected chi connectivity index (χ2v) is 6.29. The van der Waals surface area contributed by atoms with Gasteiger partial charge in [-0.3, -0.25) is 0 Å². The van der Waals surface area contributed by atoms with Crippen LogP contribution in [0.3, 0.4) is 0 Å². The van der Waals surface area contributed by atoms with Crippen LogP contribution in [0.2, 0.25) is 0 Å². The fourth-order valence-electron chi connectivity index (χ4n) is 3.71. The van der Waals surface area contributed by atoms with Gasteiger partial charge in [0.1, 0.15) is 0 Å². The Bertz CT molecular complexity index is 203. The normalized spacial score (nSPS) is 26.3. The summed E-state index contributed by atoms with van der Waals surface area (Å²) >= 11 is 0. The summed E-state index contributed by atoms with van der Waals surface area (Å²) in [4.78, 5) is 2.56. The van der Waals surface area contributed by atoms with Gasteiger partial charge in [0.2, 0.25) is 0 Å². The van der Waals surface area contributed by atoms with Crippen molar-refractivity contribution in [3.05, 3.63) is 0 Å². The first kappa shape index (κ1) is 13.4. The molecule has 2 rings (SSSR count). The summed E-state index contributed by atoms with van der Waals surface area (Å²) in [5.74, 6) is 0.809. The first-order valence-corrected chi connectivity index (χ1v) is 7.73. The summed E-state index contributed by atoms with van der Waals surface area (Å²) < 4.78 is 0. The molecule has 2 heteroatoms. The summed E-state index contributed by atoms with van der Waals surface area (Å²) in [6.07, 6.45) is 14.1. The molecule has 0 radical (unpaired) electrons. The van der Waals surface area contributed by atoms with E-state index in [4.69, 9.17) is 5.73 Å². The molecular weight excluding hydrogens is 208 g/mol. The first-order chi connectivity index (χ1) is 8.27. The zero-order valence-corrected chi connectivity index (χ0v) is 11.5. The molecular formula is C15H30N2. The summed E-state index contributed by atoms with van der Waals surface area (Å²) in [5, 5.41) is 0. The van der Waals surface area contributed by atoms with E-state index in [1.807, 2.05) is 0 Å². The Balaban J connectivity index is 1.76. The Hall–Kier alpha value is -0.0800. The lowest BCUT2D eigenvalue weighted by Crippen LogP contribution is -2.44. The Labute approximate surface area is 107 Å². The van der Waals surface area contributed by atoms with Crippen molar-refractivity contribution in [3.8, 4) is 0 Å². The summed E-state index contributed by atoms with van der Waals surface area (Å²) in [6.45, 7) is 1.12. The van der Waals surface area contributed by atoms with E-state index >= 15 is 0 Å². The summed E-state index contributed by atoms with van der Waals surface area (Å²) in [7, 11) is 2.30. The van der Waals surface area contributed by atoms with E-state index in [9.17, 15) is 0 Å². The van der Waals surface area contributed by atoms with E-state index in [2.05, 4.69) is 11.9 Å². The van der Waals surface area contributed by atoms with Crippen molar-refractivity contribution in [1.82, 2.24) is 4.90 Å². The van der Waals surface area contributed by atoms with E-state index in [0.717, 1.165) is 18.5 Å². The van der Waals surface area contributed by atoms with Crippen LogP contribution in [0.25, 0.3) is 0 Å². The maximum Gasteiger partial charge on any atom is 0.0196 e. The molecule has 0 bridgehead atoms. The van der Waals surface area contributed by atoms with Gasteiger partial charge < -0.3 is 10.6 Å². The fraction of sp³-hybridized carbons (Fsp3) is 1.00. The van der Waals surface area contributed by atoms with Crippen molar-refractivity contribution in [1.29, 1.82) is 0 Å². The highest BCUT2D eigenvalue weighted by molar-refractivity contribution is 4.82. The van der Waals surface area contributed by atoms with E-state index in [0.29, 0.717) is 6.04 Å². The Kier molecular flexibility index (Phi) is 5.30. The lowest BCUT2D eigenvalue weighted by Gasteiger charge is -2.31. The van der Waals surface area contributed by atoms with Gasteiger partial charge >= 0.3 is 0 Å². The maximum absolute atomic E-state index is 6.38. The molecule has 2 nitrogen and oxygen atoms in total. The van der Waals surface area contributed by atoms with Crippen LogP contribution >= 0.6 is 0 Å². The van der Waals surface area contributed by atoms with Crippen LogP contribution in [0, 0.1) is 5.92 Å². The van der Waals surface area contributed by atoms with E-state index in [-0.39, 0.29) is 0 Å². The van der Waals surface area contributed by atoms with Gasteiger partial charge in [-0.1, -0.05) is 38.5 Å². The zero-order chi connectivity index (χ0) is 12.1. The fourth-order valence-corrected chi connectivity index (χ4v) is 3.71. The van der Waals surface area contributed by atoms with Crippen LogP contribution in [0.1, 0.15) is 64.2 Å². The minimum Gasteiger partial charge on any atom is -0.326 e. The number of rotatable bonds is 4. The Morgan fingerprint density at radius 3 is 2.06 bits per heavy atom. The van der Waals surface area contributed by atoms with Gasteiger partial charge in [-0.15, -0.1) is 0 Å². The van der Waals surface area contributed by atoms with Gasteiger partial charge in [-0.25, -0.2) is 0 Å². The molecule has 2 aliphatic rings. The largest absolute Gasteiger partial charge is 0.326 e. The third-order valence-corrected chi connectivity index (χ3v) is 4.95. The van der Waals surface area contributed by atoms with Crippen molar-refractivity contribution < 1.29 is 0 Å². The molecule has 0 amide bonds. The highest BCUT2D eigenvalue weighted by atomic mass is 15.1. The number of hydrogen-bond donors (Lipinski definition) is 1. The van der Waals surface area contributed by atoms with Crippen LogP contribution in [0.15, 0.2) is 0 Å². The molecule has 0 aromatic rings. The monoisotopic (exact) mass is 238 g/mol. The van der Waals surface area contributed by atoms with Gasteiger partial charge in [0.25, 0.3) is 0 Å². The first-order valence-electron chi connectivity index (χ1n) is 7.73. The van der Waals surface area contributed by atoms with Crippen molar-refractivity contribution in [3.63, 3.8) is 0 Å². The van der Waals surface area contributed by atoms with Crippen LogP contribution in [-0.4, -0.2) is 30.6 Å². The molecule has 1 unspecified atom stereocenters. The highest BCUT2D eigenvalue weighted by Gasteiger charge is 2.25. The Morgan fingerprint density at radius 1 is 0.941 bits per heavy atom.